The Hall–Kier alpha value is -1.13. The van der Waals surface area contributed by atoms with E-state index in [9.17, 15) is 0 Å². The van der Waals surface area contributed by atoms with Crippen molar-refractivity contribution in [1.82, 2.24) is 4.98 Å². The molecule has 0 saturated carbocycles. The highest BCUT2D eigenvalue weighted by Gasteiger charge is 2.10. The van der Waals surface area contributed by atoms with Crippen molar-refractivity contribution in [2.24, 2.45) is 5.73 Å². The lowest BCUT2D eigenvalue weighted by Crippen LogP contribution is -2.22. The van der Waals surface area contributed by atoms with Gasteiger partial charge in [-0.15, -0.1) is 0 Å². The van der Waals surface area contributed by atoms with Crippen LogP contribution in [-0.4, -0.2) is 23.8 Å². The summed E-state index contributed by atoms with van der Waals surface area (Å²) in [6.45, 7) is 9.52. The summed E-state index contributed by atoms with van der Waals surface area (Å²) in [7, 11) is 0. The predicted molar refractivity (Wildman–Crippen MR) is 68.1 cm³/mol. The summed E-state index contributed by atoms with van der Waals surface area (Å²) < 4.78 is 11.2. The minimum Gasteiger partial charge on any atom is -0.475 e. The molecule has 0 aromatic carbocycles. The van der Waals surface area contributed by atoms with Crippen molar-refractivity contribution in [2.45, 2.75) is 39.8 Å². The summed E-state index contributed by atoms with van der Waals surface area (Å²) in [5.41, 5.74) is 7.60. The third-order valence-electron chi connectivity index (χ3n) is 2.31. The Balaban J connectivity index is 2.49. The third kappa shape index (κ3) is 4.71. The Morgan fingerprint density at radius 3 is 2.59 bits per heavy atom. The summed E-state index contributed by atoms with van der Waals surface area (Å²) in [5, 5.41) is 0. The summed E-state index contributed by atoms with van der Waals surface area (Å²) in [5.74, 6) is 0.616. The van der Waals surface area contributed by atoms with Gasteiger partial charge in [0.25, 0.3) is 0 Å². The second-order valence-electron chi connectivity index (χ2n) is 4.92. The molecule has 0 aliphatic rings. The van der Waals surface area contributed by atoms with Crippen LogP contribution in [0, 0.1) is 6.92 Å². The van der Waals surface area contributed by atoms with Crippen LogP contribution in [0.5, 0.6) is 5.88 Å². The van der Waals surface area contributed by atoms with E-state index in [1.54, 1.807) is 6.20 Å². The molecule has 0 bridgehead atoms. The van der Waals surface area contributed by atoms with E-state index in [1.807, 2.05) is 33.8 Å². The molecule has 0 radical (unpaired) electrons. The Morgan fingerprint density at radius 1 is 1.29 bits per heavy atom. The van der Waals surface area contributed by atoms with Gasteiger partial charge in [-0.1, -0.05) is 0 Å². The maximum absolute atomic E-state index is 5.67. The van der Waals surface area contributed by atoms with Crippen LogP contribution >= 0.6 is 0 Å². The summed E-state index contributed by atoms with van der Waals surface area (Å²) in [6.07, 6.45) is 1.73. The highest BCUT2D eigenvalue weighted by atomic mass is 16.5. The Labute approximate surface area is 103 Å². The van der Waals surface area contributed by atoms with Gasteiger partial charge in [-0.25, -0.2) is 4.98 Å². The van der Waals surface area contributed by atoms with E-state index < -0.39 is 0 Å². The molecule has 0 spiro atoms. The fourth-order valence-electron chi connectivity index (χ4n) is 1.42. The second kappa shape index (κ2) is 5.98. The van der Waals surface area contributed by atoms with Crippen molar-refractivity contribution in [3.63, 3.8) is 0 Å². The van der Waals surface area contributed by atoms with Crippen LogP contribution in [0.2, 0.25) is 0 Å². The summed E-state index contributed by atoms with van der Waals surface area (Å²) in [6, 6.07) is 1.93. The van der Waals surface area contributed by atoms with E-state index in [1.165, 1.54) is 0 Å². The molecule has 0 amide bonds. The van der Waals surface area contributed by atoms with Gasteiger partial charge in [-0.2, -0.15) is 0 Å². The van der Waals surface area contributed by atoms with E-state index >= 15 is 0 Å². The van der Waals surface area contributed by atoms with Crippen LogP contribution in [0.1, 0.15) is 31.9 Å². The van der Waals surface area contributed by atoms with Gasteiger partial charge in [0.15, 0.2) is 0 Å². The molecule has 1 rings (SSSR count). The van der Waals surface area contributed by atoms with Crippen LogP contribution in [0.4, 0.5) is 0 Å². The largest absolute Gasteiger partial charge is 0.475 e. The average molecular weight is 238 g/mol. The highest BCUT2D eigenvalue weighted by molar-refractivity contribution is 5.33. The molecular formula is C13H22N2O2. The monoisotopic (exact) mass is 238 g/mol. The maximum atomic E-state index is 5.67. The molecule has 2 N–H and O–H groups in total. The van der Waals surface area contributed by atoms with E-state index in [2.05, 4.69) is 4.98 Å². The van der Waals surface area contributed by atoms with Crippen LogP contribution < -0.4 is 10.5 Å². The van der Waals surface area contributed by atoms with E-state index in [4.69, 9.17) is 15.2 Å². The maximum Gasteiger partial charge on any atom is 0.218 e. The van der Waals surface area contributed by atoms with Gasteiger partial charge in [0.2, 0.25) is 5.88 Å². The topological polar surface area (TPSA) is 57.4 Å². The molecule has 1 heterocycles. The quantitative estimate of drug-likeness (QED) is 0.798. The number of pyridine rings is 1. The number of nitrogens with two attached hydrogens (primary N) is 1. The lowest BCUT2D eigenvalue weighted by atomic mass is 10.1. The molecule has 96 valence electrons. The molecule has 0 aliphatic heterocycles. The van der Waals surface area contributed by atoms with Crippen molar-refractivity contribution in [2.75, 3.05) is 13.2 Å². The lowest BCUT2D eigenvalue weighted by molar-refractivity contribution is -0.0169. The van der Waals surface area contributed by atoms with Gasteiger partial charge in [0, 0.05) is 18.3 Å². The Kier molecular flexibility index (Phi) is 4.90. The van der Waals surface area contributed by atoms with Gasteiger partial charge in [0.1, 0.15) is 6.61 Å². The molecule has 0 fully saturated rings. The van der Waals surface area contributed by atoms with Gasteiger partial charge < -0.3 is 15.2 Å². The first-order chi connectivity index (χ1) is 7.94. The van der Waals surface area contributed by atoms with Gasteiger partial charge in [-0.05, 0) is 39.3 Å². The molecular weight excluding hydrogens is 216 g/mol. The van der Waals surface area contributed by atoms with Crippen LogP contribution in [0.25, 0.3) is 0 Å². The van der Waals surface area contributed by atoms with Gasteiger partial charge in [-0.3, -0.25) is 0 Å². The van der Waals surface area contributed by atoms with Crippen LogP contribution in [0.3, 0.4) is 0 Å². The third-order valence-corrected chi connectivity index (χ3v) is 2.31. The first-order valence-corrected chi connectivity index (χ1v) is 5.85. The van der Waals surface area contributed by atoms with Gasteiger partial charge in [0.05, 0.1) is 12.2 Å². The first-order valence-electron chi connectivity index (χ1n) is 5.85. The standard InChI is InChI=1S/C13H22N2O2/c1-10-5-6-15-12(11(10)9-14)16-7-8-17-13(2,3)4/h5-6H,7-9,14H2,1-4H3. The van der Waals surface area contributed by atoms with E-state index in [0.29, 0.717) is 25.6 Å². The van der Waals surface area contributed by atoms with Crippen LogP contribution in [0.15, 0.2) is 12.3 Å². The second-order valence-corrected chi connectivity index (χ2v) is 4.92. The number of aromatic nitrogens is 1. The van der Waals surface area contributed by atoms with Crippen molar-refractivity contribution in [3.05, 3.63) is 23.4 Å². The molecule has 4 heteroatoms. The molecule has 0 saturated heterocycles. The zero-order chi connectivity index (χ0) is 12.9. The molecule has 0 aliphatic carbocycles. The average Bonchev–Trinajstić information content (AvgIpc) is 2.23. The molecule has 4 nitrogen and oxygen atoms in total. The summed E-state index contributed by atoms with van der Waals surface area (Å²) in [4.78, 5) is 4.19. The van der Waals surface area contributed by atoms with Crippen molar-refractivity contribution in [1.29, 1.82) is 0 Å². The lowest BCUT2D eigenvalue weighted by Gasteiger charge is -2.19. The minimum atomic E-state index is -0.139. The van der Waals surface area contributed by atoms with E-state index in [0.717, 1.165) is 11.1 Å². The molecule has 0 unspecified atom stereocenters. The van der Waals surface area contributed by atoms with Crippen molar-refractivity contribution < 1.29 is 9.47 Å². The number of ether oxygens (including phenoxy) is 2. The first kappa shape index (κ1) is 13.9. The number of aryl methyl sites for hydroxylation is 1. The highest BCUT2D eigenvalue weighted by Crippen LogP contribution is 2.18. The molecule has 1 aromatic heterocycles. The SMILES string of the molecule is Cc1ccnc(OCCOC(C)(C)C)c1CN. The minimum absolute atomic E-state index is 0.139. The molecule has 17 heavy (non-hydrogen) atoms. The van der Waals surface area contributed by atoms with Crippen molar-refractivity contribution >= 4 is 0 Å². The zero-order valence-electron chi connectivity index (χ0n) is 11.1. The number of hydrogen-bond acceptors (Lipinski definition) is 4. The van der Waals surface area contributed by atoms with Crippen molar-refractivity contribution in [3.8, 4) is 5.88 Å². The fraction of sp³-hybridized carbons (Fsp3) is 0.615. The number of rotatable bonds is 5. The number of hydrogen-bond donors (Lipinski definition) is 1. The zero-order valence-corrected chi connectivity index (χ0v) is 11.1. The normalized spacial score (nSPS) is 11.6. The van der Waals surface area contributed by atoms with E-state index in [-0.39, 0.29) is 5.60 Å². The van der Waals surface area contributed by atoms with Gasteiger partial charge >= 0.3 is 0 Å². The predicted octanol–water partition coefficient (Wildman–Crippen LogP) is 2.04. The smallest absolute Gasteiger partial charge is 0.218 e. The van der Waals surface area contributed by atoms with Crippen LogP contribution in [-0.2, 0) is 11.3 Å². The molecule has 0 atom stereocenters. The molecule has 1 aromatic rings. The Bertz CT molecular complexity index is 359. The Morgan fingerprint density at radius 2 is 2.00 bits per heavy atom. The summed E-state index contributed by atoms with van der Waals surface area (Å²) >= 11 is 0. The fourth-order valence-corrected chi connectivity index (χ4v) is 1.42. The number of nitrogens with zero attached hydrogens (tertiary/aromatic N) is 1.